The zero-order chi connectivity index (χ0) is 25.6. The van der Waals surface area contributed by atoms with E-state index in [9.17, 15) is 31.9 Å². The van der Waals surface area contributed by atoms with Gasteiger partial charge in [-0.3, -0.25) is 14.5 Å². The van der Waals surface area contributed by atoms with Crippen LogP contribution in [0.15, 0.2) is 33.9 Å². The number of hydrogen-bond donors (Lipinski definition) is 1. The van der Waals surface area contributed by atoms with Crippen molar-refractivity contribution in [3.05, 3.63) is 79.5 Å². The third-order valence-corrected chi connectivity index (χ3v) is 6.68. The average Bonchev–Trinajstić information content (AvgIpc) is 2.85. The van der Waals surface area contributed by atoms with Gasteiger partial charge in [0.2, 0.25) is 5.91 Å². The van der Waals surface area contributed by atoms with Crippen LogP contribution in [-0.2, 0) is 22.5 Å². The predicted octanol–water partition coefficient (Wildman–Crippen LogP) is 1.70. The van der Waals surface area contributed by atoms with Gasteiger partial charge in [-0.1, -0.05) is 0 Å². The lowest BCUT2D eigenvalue weighted by Gasteiger charge is -2.35. The second-order valence-electron chi connectivity index (χ2n) is 8.85. The summed E-state index contributed by atoms with van der Waals surface area (Å²) >= 11 is 0. The lowest BCUT2D eigenvalue weighted by molar-refractivity contribution is -0.137. The number of hydrogen-bond acceptors (Lipinski definition) is 5. The van der Waals surface area contributed by atoms with Crippen LogP contribution in [0, 0.1) is 23.3 Å². The Morgan fingerprint density at radius 3 is 2.53 bits per heavy atom. The number of halogens is 4. The maximum absolute atomic E-state index is 14.6. The normalized spacial score (nSPS) is 17.3. The first kappa shape index (κ1) is 24.2. The number of aromatic nitrogens is 2. The highest BCUT2D eigenvalue weighted by atomic mass is 19.2. The van der Waals surface area contributed by atoms with E-state index in [-0.39, 0.29) is 37.1 Å². The molecule has 1 aromatic heterocycles. The van der Waals surface area contributed by atoms with Gasteiger partial charge < -0.3 is 14.6 Å². The monoisotopic (exact) mass is 506 g/mol. The maximum atomic E-state index is 14.6. The number of fused-ring (bicyclic) bond motifs is 2. The number of benzene rings is 2. The van der Waals surface area contributed by atoms with Gasteiger partial charge >= 0.3 is 5.69 Å². The molecule has 1 amide bonds. The predicted molar refractivity (Wildman–Crippen MR) is 121 cm³/mol. The Morgan fingerprint density at radius 2 is 1.78 bits per heavy atom. The van der Waals surface area contributed by atoms with E-state index in [0.29, 0.717) is 36.4 Å². The maximum Gasteiger partial charge on any atom is 0.329 e. The molecule has 0 unspecified atom stereocenters. The van der Waals surface area contributed by atoms with Crippen molar-refractivity contribution in [2.24, 2.45) is 0 Å². The van der Waals surface area contributed by atoms with Crippen LogP contribution in [0.2, 0.25) is 0 Å². The van der Waals surface area contributed by atoms with Crippen LogP contribution >= 0.6 is 0 Å². The highest BCUT2D eigenvalue weighted by molar-refractivity contribution is 5.82. The molecule has 36 heavy (non-hydrogen) atoms. The van der Waals surface area contributed by atoms with Gasteiger partial charge in [0.1, 0.15) is 23.1 Å². The molecule has 0 radical (unpaired) electrons. The third kappa shape index (κ3) is 4.30. The highest BCUT2D eigenvalue weighted by Gasteiger charge is 2.34. The Bertz CT molecular complexity index is 1470. The lowest BCUT2D eigenvalue weighted by Crippen LogP contribution is -2.52. The van der Waals surface area contributed by atoms with Crippen LogP contribution in [0.4, 0.5) is 17.6 Å². The van der Waals surface area contributed by atoms with E-state index in [1.54, 1.807) is 0 Å². The van der Waals surface area contributed by atoms with Gasteiger partial charge in [-0.25, -0.2) is 26.9 Å². The fraction of sp³-hybridized carbons (Fsp3) is 0.375. The van der Waals surface area contributed by atoms with Gasteiger partial charge in [0.05, 0.1) is 18.7 Å². The fourth-order valence-electron chi connectivity index (χ4n) is 4.81. The molecule has 2 aliphatic rings. The Labute approximate surface area is 201 Å². The Morgan fingerprint density at radius 1 is 1.03 bits per heavy atom. The Balaban J connectivity index is 1.58. The van der Waals surface area contributed by atoms with E-state index >= 15 is 0 Å². The van der Waals surface area contributed by atoms with Gasteiger partial charge in [0, 0.05) is 44.4 Å². The van der Waals surface area contributed by atoms with Gasteiger partial charge in [-0.15, -0.1) is 0 Å². The molecule has 0 saturated carbocycles. The molecule has 3 aromatic rings. The summed E-state index contributed by atoms with van der Waals surface area (Å²) in [5.74, 6) is -4.90. The first-order valence-corrected chi connectivity index (χ1v) is 11.4. The molecule has 8 nitrogen and oxygen atoms in total. The summed E-state index contributed by atoms with van der Waals surface area (Å²) < 4.78 is 62.5. The zero-order valence-electron chi connectivity index (χ0n) is 19.0. The number of rotatable bonds is 4. The van der Waals surface area contributed by atoms with E-state index in [2.05, 4.69) is 4.98 Å². The number of carbonyl (C=O) groups excluding carboxylic acids is 1. The van der Waals surface area contributed by atoms with Gasteiger partial charge in [0.15, 0.2) is 11.6 Å². The molecule has 12 heteroatoms. The number of nitrogens with one attached hydrogen (secondary N) is 1. The largest absolute Gasteiger partial charge is 0.379 e. The molecule has 1 fully saturated rings. The molecule has 0 bridgehead atoms. The number of aromatic amines is 1. The summed E-state index contributed by atoms with van der Waals surface area (Å²) in [6, 6.07) is 2.39. The zero-order valence-corrected chi connectivity index (χ0v) is 19.0. The minimum atomic E-state index is -1.43. The minimum absolute atomic E-state index is 0.0805. The molecule has 2 aromatic carbocycles. The number of morpholine rings is 1. The van der Waals surface area contributed by atoms with Crippen LogP contribution in [-0.4, -0.2) is 64.7 Å². The van der Waals surface area contributed by atoms with Crippen LogP contribution in [0.25, 0.3) is 10.9 Å². The van der Waals surface area contributed by atoms with Gasteiger partial charge in [-0.05, 0) is 30.2 Å². The summed E-state index contributed by atoms with van der Waals surface area (Å²) in [6.45, 7) is 1.41. The van der Waals surface area contributed by atoms with E-state index in [1.807, 2.05) is 4.90 Å². The lowest BCUT2D eigenvalue weighted by atomic mass is 9.98. The first-order chi connectivity index (χ1) is 17.2. The SMILES string of the molecule is O=C([C@@H](CN1CCOCC1)n1c(=O)[nH]c2ccc(F)c(F)c2c1=O)N1CCc2cc(F)cc(F)c2C1. The molecule has 1 N–H and O–H groups in total. The summed E-state index contributed by atoms with van der Waals surface area (Å²) in [5.41, 5.74) is -1.74. The molecule has 1 saturated heterocycles. The second kappa shape index (κ2) is 9.51. The quantitative estimate of drug-likeness (QED) is 0.545. The van der Waals surface area contributed by atoms with Crippen molar-refractivity contribution >= 4 is 16.8 Å². The summed E-state index contributed by atoms with van der Waals surface area (Å²) in [4.78, 5) is 45.5. The number of H-pyrrole nitrogens is 1. The molecule has 2 aliphatic heterocycles. The molecule has 190 valence electrons. The van der Waals surface area contributed by atoms with Crippen LogP contribution in [0.3, 0.4) is 0 Å². The molecule has 0 spiro atoms. The van der Waals surface area contributed by atoms with Crippen molar-refractivity contribution in [3.63, 3.8) is 0 Å². The Hall–Kier alpha value is -3.51. The summed E-state index contributed by atoms with van der Waals surface area (Å²) in [6.07, 6.45) is 0.169. The summed E-state index contributed by atoms with van der Waals surface area (Å²) in [5, 5.41) is -0.681. The minimum Gasteiger partial charge on any atom is -0.379 e. The fourth-order valence-corrected chi connectivity index (χ4v) is 4.81. The second-order valence-corrected chi connectivity index (χ2v) is 8.85. The van der Waals surface area contributed by atoms with Crippen molar-refractivity contribution < 1.29 is 27.1 Å². The van der Waals surface area contributed by atoms with Crippen molar-refractivity contribution in [2.45, 2.75) is 19.0 Å². The number of nitrogens with zero attached hydrogens (tertiary/aromatic N) is 3. The third-order valence-electron chi connectivity index (χ3n) is 6.68. The van der Waals surface area contributed by atoms with Crippen molar-refractivity contribution in [1.29, 1.82) is 0 Å². The molecule has 5 rings (SSSR count). The highest BCUT2D eigenvalue weighted by Crippen LogP contribution is 2.25. The Kier molecular flexibility index (Phi) is 6.39. The van der Waals surface area contributed by atoms with Crippen molar-refractivity contribution in [1.82, 2.24) is 19.4 Å². The topological polar surface area (TPSA) is 87.6 Å². The molecular weight excluding hydrogens is 484 g/mol. The van der Waals surface area contributed by atoms with Gasteiger partial charge in [-0.2, -0.15) is 0 Å². The number of ether oxygens (including phenoxy) is 1. The van der Waals surface area contributed by atoms with Crippen LogP contribution in [0.1, 0.15) is 17.2 Å². The number of amides is 1. The van der Waals surface area contributed by atoms with Crippen molar-refractivity contribution in [3.8, 4) is 0 Å². The average molecular weight is 506 g/mol. The van der Waals surface area contributed by atoms with Crippen LogP contribution < -0.4 is 11.2 Å². The van der Waals surface area contributed by atoms with E-state index in [4.69, 9.17) is 4.74 Å². The molecule has 0 aliphatic carbocycles. The van der Waals surface area contributed by atoms with E-state index in [1.165, 1.54) is 11.0 Å². The molecule has 1 atom stereocenters. The van der Waals surface area contributed by atoms with Gasteiger partial charge in [0.25, 0.3) is 5.56 Å². The summed E-state index contributed by atoms with van der Waals surface area (Å²) in [7, 11) is 0. The molecular formula is C24H22F4N4O4. The van der Waals surface area contributed by atoms with E-state index in [0.717, 1.165) is 18.2 Å². The molecule has 3 heterocycles. The number of carbonyl (C=O) groups is 1. The first-order valence-electron chi connectivity index (χ1n) is 11.4. The van der Waals surface area contributed by atoms with Crippen molar-refractivity contribution in [2.75, 3.05) is 39.4 Å². The van der Waals surface area contributed by atoms with Crippen LogP contribution in [0.5, 0.6) is 0 Å². The van der Waals surface area contributed by atoms with E-state index < -0.39 is 51.9 Å². The standard InChI is InChI=1S/C24H22F4N4O4/c25-14-9-13-3-4-31(11-15(13)17(27)10-14)22(33)19(12-30-5-7-36-8-6-30)32-23(34)20-18(29-24(32)35)2-1-16(26)21(20)28/h1-2,9-10,19H,3-8,11-12H2,(H,29,35)/t19-/m1/s1. The smallest absolute Gasteiger partial charge is 0.329 e.